The molecule has 3 N–H and O–H groups in total. The third kappa shape index (κ3) is 2.64. The molecule has 1 aromatic heterocycles. The fourth-order valence-electron chi connectivity index (χ4n) is 1.43. The lowest BCUT2D eigenvalue weighted by Crippen LogP contribution is -2.06. The van der Waals surface area contributed by atoms with Crippen molar-refractivity contribution in [2.45, 2.75) is 12.7 Å². The number of phenolic OH excluding ortho intramolecular Hbond substituents is 1. The highest BCUT2D eigenvalue weighted by Gasteiger charge is 2.36. The van der Waals surface area contributed by atoms with Gasteiger partial charge in [0.1, 0.15) is 5.75 Å². The summed E-state index contributed by atoms with van der Waals surface area (Å²) in [7, 11) is 0. The molecule has 1 heterocycles. The smallest absolute Gasteiger partial charge is 0.420 e. The predicted molar refractivity (Wildman–Crippen MR) is 59.3 cm³/mol. The van der Waals surface area contributed by atoms with Crippen molar-refractivity contribution < 1.29 is 22.8 Å². The van der Waals surface area contributed by atoms with Crippen LogP contribution in [0.3, 0.4) is 0 Å². The molecule has 0 atom stereocenters. The summed E-state index contributed by atoms with van der Waals surface area (Å²) in [6, 6.07) is 1.72. The molecule has 0 spiro atoms. The third-order valence-corrected chi connectivity index (χ3v) is 2.48. The molecule has 0 radical (unpaired) electrons. The Hall–Kier alpha value is -1.80. The molecule has 1 aromatic carbocycles. The van der Waals surface area contributed by atoms with Gasteiger partial charge in [-0.3, -0.25) is 0 Å². The van der Waals surface area contributed by atoms with Crippen LogP contribution in [0.4, 0.5) is 13.2 Å². The van der Waals surface area contributed by atoms with E-state index in [4.69, 9.17) is 17.3 Å². The molecule has 0 amide bonds. The monoisotopic (exact) mass is 293 g/mol. The molecule has 0 aliphatic rings. The van der Waals surface area contributed by atoms with E-state index in [-0.39, 0.29) is 28.8 Å². The molecule has 0 saturated carbocycles. The molecule has 102 valence electrons. The fraction of sp³-hybridized carbons (Fsp3) is 0.200. The van der Waals surface area contributed by atoms with Crippen molar-refractivity contribution in [3.63, 3.8) is 0 Å². The number of hydrogen-bond acceptors (Lipinski definition) is 5. The van der Waals surface area contributed by atoms with E-state index in [1.165, 1.54) is 0 Å². The van der Waals surface area contributed by atoms with Gasteiger partial charge >= 0.3 is 6.18 Å². The Bertz CT molecular complexity index is 613. The summed E-state index contributed by atoms with van der Waals surface area (Å²) in [5, 5.41) is 12.9. The maximum Gasteiger partial charge on any atom is 0.420 e. The van der Waals surface area contributed by atoms with Crippen molar-refractivity contribution in [3.05, 3.63) is 28.6 Å². The summed E-state index contributed by atoms with van der Waals surface area (Å²) in [6.45, 7) is -0.0690. The molecule has 9 heteroatoms. The highest BCUT2D eigenvalue weighted by atomic mass is 35.5. The van der Waals surface area contributed by atoms with Gasteiger partial charge < -0.3 is 15.4 Å². The maximum atomic E-state index is 12.7. The average molecular weight is 294 g/mol. The Morgan fingerprint density at radius 2 is 2.05 bits per heavy atom. The van der Waals surface area contributed by atoms with Gasteiger partial charge in [0.2, 0.25) is 11.7 Å². The Kier molecular flexibility index (Phi) is 3.38. The number of benzene rings is 1. The van der Waals surface area contributed by atoms with Crippen molar-refractivity contribution in [2.24, 2.45) is 5.73 Å². The lowest BCUT2D eigenvalue weighted by molar-refractivity contribution is -0.138. The molecule has 0 unspecified atom stereocenters. The average Bonchev–Trinajstić information content (AvgIpc) is 2.78. The lowest BCUT2D eigenvalue weighted by Gasteiger charge is -2.11. The van der Waals surface area contributed by atoms with E-state index in [0.29, 0.717) is 6.07 Å². The van der Waals surface area contributed by atoms with E-state index in [1.807, 2.05) is 0 Å². The molecular weight excluding hydrogens is 287 g/mol. The lowest BCUT2D eigenvalue weighted by atomic mass is 10.1. The number of nitrogens with two attached hydrogens (primary N) is 1. The van der Waals surface area contributed by atoms with E-state index in [1.54, 1.807) is 0 Å². The summed E-state index contributed by atoms with van der Waals surface area (Å²) in [4.78, 5) is 3.74. The Labute approximate surface area is 109 Å². The molecule has 19 heavy (non-hydrogen) atoms. The predicted octanol–water partition coefficient (Wildman–Crippen LogP) is 2.57. The van der Waals surface area contributed by atoms with Gasteiger partial charge in [0.15, 0.2) is 0 Å². The van der Waals surface area contributed by atoms with Crippen molar-refractivity contribution >= 4 is 11.6 Å². The van der Waals surface area contributed by atoms with E-state index in [0.717, 1.165) is 6.07 Å². The normalized spacial score (nSPS) is 11.8. The standard InChI is InChI=1S/C10H7ClF3N3O2/c11-4-1-5(9-16-7(3-15)19-17-9)8(18)6(2-4)10(12,13)14/h1-2,18H,3,15H2. The minimum Gasteiger partial charge on any atom is -0.507 e. The van der Waals surface area contributed by atoms with Gasteiger partial charge in [0, 0.05) is 5.02 Å². The van der Waals surface area contributed by atoms with Crippen LogP contribution in [0, 0.1) is 0 Å². The molecule has 0 saturated heterocycles. The first kappa shape index (κ1) is 13.6. The van der Waals surface area contributed by atoms with Crippen molar-refractivity contribution in [2.75, 3.05) is 0 Å². The van der Waals surface area contributed by atoms with Gasteiger partial charge in [-0.25, -0.2) is 0 Å². The van der Waals surface area contributed by atoms with E-state index < -0.39 is 17.5 Å². The molecule has 0 aliphatic heterocycles. The SMILES string of the molecule is NCc1nc(-c2cc(Cl)cc(C(F)(F)F)c2O)no1. The Morgan fingerprint density at radius 3 is 2.58 bits per heavy atom. The number of halogens is 4. The molecular formula is C10H7ClF3N3O2. The summed E-state index contributed by atoms with van der Waals surface area (Å²) in [5.74, 6) is -1.20. The second-order valence-electron chi connectivity index (χ2n) is 3.56. The molecule has 0 aliphatic carbocycles. The minimum atomic E-state index is -4.75. The topological polar surface area (TPSA) is 85.2 Å². The largest absolute Gasteiger partial charge is 0.507 e. The second-order valence-corrected chi connectivity index (χ2v) is 4.00. The first-order valence-electron chi connectivity index (χ1n) is 4.95. The molecule has 2 aromatic rings. The van der Waals surface area contributed by atoms with E-state index in [2.05, 4.69) is 14.7 Å². The van der Waals surface area contributed by atoms with Crippen LogP contribution in [0.5, 0.6) is 5.75 Å². The number of rotatable bonds is 2. The van der Waals surface area contributed by atoms with Crippen LogP contribution in [0.1, 0.15) is 11.5 Å². The van der Waals surface area contributed by atoms with Crippen molar-refractivity contribution in [1.82, 2.24) is 10.1 Å². The minimum absolute atomic E-state index is 0.0305. The van der Waals surface area contributed by atoms with Crippen LogP contribution in [0.2, 0.25) is 5.02 Å². The molecule has 5 nitrogen and oxygen atoms in total. The fourth-order valence-corrected chi connectivity index (χ4v) is 1.65. The van der Waals surface area contributed by atoms with Gasteiger partial charge in [-0.1, -0.05) is 16.8 Å². The van der Waals surface area contributed by atoms with Crippen LogP contribution in [0.25, 0.3) is 11.4 Å². The van der Waals surface area contributed by atoms with Crippen LogP contribution < -0.4 is 5.73 Å². The van der Waals surface area contributed by atoms with Crippen LogP contribution in [0.15, 0.2) is 16.7 Å². The molecule has 2 rings (SSSR count). The van der Waals surface area contributed by atoms with E-state index >= 15 is 0 Å². The van der Waals surface area contributed by atoms with Crippen LogP contribution in [-0.4, -0.2) is 15.2 Å². The number of alkyl halides is 3. The summed E-state index contributed by atoms with van der Waals surface area (Å²) < 4.78 is 42.7. The number of aromatic nitrogens is 2. The van der Waals surface area contributed by atoms with Crippen molar-refractivity contribution in [3.8, 4) is 17.1 Å². The first-order chi connectivity index (χ1) is 8.82. The number of phenols is 1. The quantitative estimate of drug-likeness (QED) is 0.889. The summed E-state index contributed by atoms with van der Waals surface area (Å²) >= 11 is 5.60. The second kappa shape index (κ2) is 4.71. The van der Waals surface area contributed by atoms with Gasteiger partial charge in [-0.15, -0.1) is 0 Å². The van der Waals surface area contributed by atoms with Crippen LogP contribution >= 0.6 is 11.6 Å². The number of aromatic hydroxyl groups is 1. The Morgan fingerprint density at radius 1 is 1.37 bits per heavy atom. The van der Waals surface area contributed by atoms with Gasteiger partial charge in [-0.2, -0.15) is 18.2 Å². The zero-order chi connectivity index (χ0) is 14.2. The molecule has 0 fully saturated rings. The highest BCUT2D eigenvalue weighted by Crippen LogP contribution is 2.42. The number of hydrogen-bond donors (Lipinski definition) is 2. The van der Waals surface area contributed by atoms with Crippen LogP contribution in [-0.2, 0) is 12.7 Å². The molecule has 0 bridgehead atoms. The zero-order valence-corrected chi connectivity index (χ0v) is 9.96. The van der Waals surface area contributed by atoms with Gasteiger partial charge in [-0.05, 0) is 12.1 Å². The summed E-state index contributed by atoms with van der Waals surface area (Å²) in [5.41, 5.74) is 3.70. The first-order valence-corrected chi connectivity index (χ1v) is 5.33. The highest BCUT2D eigenvalue weighted by molar-refractivity contribution is 6.31. The third-order valence-electron chi connectivity index (χ3n) is 2.26. The Balaban J connectivity index is 2.61. The van der Waals surface area contributed by atoms with E-state index in [9.17, 15) is 18.3 Å². The maximum absolute atomic E-state index is 12.7. The van der Waals surface area contributed by atoms with Gasteiger partial charge in [0.05, 0.1) is 17.7 Å². The van der Waals surface area contributed by atoms with Gasteiger partial charge in [0.25, 0.3) is 0 Å². The summed E-state index contributed by atoms with van der Waals surface area (Å²) in [6.07, 6.45) is -4.75. The zero-order valence-electron chi connectivity index (χ0n) is 9.20. The number of nitrogens with zero attached hydrogens (tertiary/aromatic N) is 2. The van der Waals surface area contributed by atoms with Crippen molar-refractivity contribution in [1.29, 1.82) is 0 Å².